The van der Waals surface area contributed by atoms with Crippen molar-refractivity contribution in [2.75, 3.05) is 23.7 Å². The van der Waals surface area contributed by atoms with Crippen LogP contribution in [0.1, 0.15) is 19.4 Å². The zero-order chi connectivity index (χ0) is 10.7. The predicted molar refractivity (Wildman–Crippen MR) is 64.2 cm³/mol. The topological polar surface area (TPSA) is 29.3 Å². The van der Waals surface area contributed by atoms with Gasteiger partial charge in [-0.2, -0.15) is 0 Å². The van der Waals surface area contributed by atoms with Crippen molar-refractivity contribution in [1.82, 2.24) is 0 Å². The summed E-state index contributed by atoms with van der Waals surface area (Å²) >= 11 is 6.23. The Hall–Kier alpha value is -0.890. The fourth-order valence-electron chi connectivity index (χ4n) is 1.49. The van der Waals surface area contributed by atoms with Gasteiger partial charge in [0, 0.05) is 18.8 Å². The number of rotatable bonds is 3. The first-order valence-corrected chi connectivity index (χ1v) is 5.29. The van der Waals surface area contributed by atoms with E-state index in [9.17, 15) is 0 Å². The summed E-state index contributed by atoms with van der Waals surface area (Å²) in [5, 5.41) is 0.772. The summed E-state index contributed by atoms with van der Waals surface area (Å²) in [5.41, 5.74) is 8.57. The maximum absolute atomic E-state index is 6.23. The van der Waals surface area contributed by atoms with E-state index in [-0.39, 0.29) is 0 Å². The standard InChI is InChI=1S/C11H17ClN2/c1-4-14(5-2)10-7-6-9(13)8(3)11(10)12/h6-7H,4-5,13H2,1-3H3. The molecule has 1 aromatic rings. The number of halogens is 1. The second-order valence-corrected chi connectivity index (χ2v) is 3.66. The van der Waals surface area contributed by atoms with Gasteiger partial charge in [-0.15, -0.1) is 0 Å². The molecule has 0 heterocycles. The second kappa shape index (κ2) is 4.56. The largest absolute Gasteiger partial charge is 0.398 e. The normalized spacial score (nSPS) is 10.3. The molecule has 0 fully saturated rings. The molecule has 0 bridgehead atoms. The molecule has 0 saturated heterocycles. The molecule has 0 aliphatic carbocycles. The third-order valence-electron chi connectivity index (χ3n) is 2.51. The summed E-state index contributed by atoms with van der Waals surface area (Å²) in [4.78, 5) is 2.22. The van der Waals surface area contributed by atoms with Crippen molar-refractivity contribution in [3.8, 4) is 0 Å². The monoisotopic (exact) mass is 212 g/mol. The van der Waals surface area contributed by atoms with E-state index in [0.717, 1.165) is 35.1 Å². The molecule has 0 saturated carbocycles. The van der Waals surface area contributed by atoms with Gasteiger partial charge >= 0.3 is 0 Å². The molecule has 1 rings (SSSR count). The van der Waals surface area contributed by atoms with Gasteiger partial charge in [0.05, 0.1) is 10.7 Å². The van der Waals surface area contributed by atoms with Crippen LogP contribution >= 0.6 is 11.6 Å². The lowest BCUT2D eigenvalue weighted by Gasteiger charge is -2.23. The first kappa shape index (κ1) is 11.2. The summed E-state index contributed by atoms with van der Waals surface area (Å²) in [7, 11) is 0. The van der Waals surface area contributed by atoms with E-state index < -0.39 is 0 Å². The number of nitrogens with two attached hydrogens (primary N) is 1. The fraction of sp³-hybridized carbons (Fsp3) is 0.455. The van der Waals surface area contributed by atoms with E-state index in [2.05, 4.69) is 18.7 Å². The van der Waals surface area contributed by atoms with Crippen LogP contribution in [0.4, 0.5) is 11.4 Å². The molecule has 0 spiro atoms. The van der Waals surface area contributed by atoms with Crippen LogP contribution in [0.25, 0.3) is 0 Å². The molecule has 0 atom stereocenters. The van der Waals surface area contributed by atoms with E-state index in [1.54, 1.807) is 0 Å². The Morgan fingerprint density at radius 3 is 2.36 bits per heavy atom. The summed E-state index contributed by atoms with van der Waals surface area (Å²) in [5.74, 6) is 0. The van der Waals surface area contributed by atoms with Crippen molar-refractivity contribution < 1.29 is 0 Å². The van der Waals surface area contributed by atoms with Crippen LogP contribution in [0.5, 0.6) is 0 Å². The maximum atomic E-state index is 6.23. The quantitative estimate of drug-likeness (QED) is 0.781. The molecule has 0 aliphatic rings. The summed E-state index contributed by atoms with van der Waals surface area (Å²) < 4.78 is 0. The zero-order valence-corrected chi connectivity index (χ0v) is 9.73. The van der Waals surface area contributed by atoms with E-state index in [4.69, 9.17) is 17.3 Å². The highest BCUT2D eigenvalue weighted by Gasteiger charge is 2.10. The fourth-order valence-corrected chi connectivity index (χ4v) is 1.79. The SMILES string of the molecule is CCN(CC)c1ccc(N)c(C)c1Cl. The number of hydrogen-bond acceptors (Lipinski definition) is 2. The Morgan fingerprint density at radius 1 is 1.29 bits per heavy atom. The Kier molecular flexibility index (Phi) is 3.64. The van der Waals surface area contributed by atoms with Crippen molar-refractivity contribution in [3.05, 3.63) is 22.7 Å². The molecule has 0 aromatic heterocycles. The molecule has 14 heavy (non-hydrogen) atoms. The van der Waals surface area contributed by atoms with Gasteiger partial charge in [0.2, 0.25) is 0 Å². The predicted octanol–water partition coefficient (Wildman–Crippen LogP) is 3.08. The zero-order valence-electron chi connectivity index (χ0n) is 8.97. The van der Waals surface area contributed by atoms with Crippen LogP contribution in [-0.2, 0) is 0 Å². The molecular weight excluding hydrogens is 196 g/mol. The lowest BCUT2D eigenvalue weighted by Crippen LogP contribution is -2.22. The van der Waals surface area contributed by atoms with Gasteiger partial charge in [-0.1, -0.05) is 11.6 Å². The summed E-state index contributed by atoms with van der Waals surface area (Å²) in [6.45, 7) is 8.10. The van der Waals surface area contributed by atoms with Crippen molar-refractivity contribution in [2.24, 2.45) is 0 Å². The van der Waals surface area contributed by atoms with Gasteiger partial charge in [-0.05, 0) is 38.5 Å². The van der Waals surface area contributed by atoms with Crippen LogP contribution < -0.4 is 10.6 Å². The molecule has 0 amide bonds. The van der Waals surface area contributed by atoms with Crippen LogP contribution in [-0.4, -0.2) is 13.1 Å². The molecule has 2 nitrogen and oxygen atoms in total. The van der Waals surface area contributed by atoms with Crippen LogP contribution in [0.3, 0.4) is 0 Å². The molecule has 0 unspecified atom stereocenters. The third kappa shape index (κ3) is 1.95. The average Bonchev–Trinajstić information content (AvgIpc) is 2.19. The number of nitrogen functional groups attached to an aromatic ring is 1. The van der Waals surface area contributed by atoms with Crippen molar-refractivity contribution in [1.29, 1.82) is 0 Å². The van der Waals surface area contributed by atoms with Gasteiger partial charge in [0.1, 0.15) is 0 Å². The second-order valence-electron chi connectivity index (χ2n) is 3.29. The van der Waals surface area contributed by atoms with Gasteiger partial charge in [0.25, 0.3) is 0 Å². The van der Waals surface area contributed by atoms with E-state index >= 15 is 0 Å². The molecule has 0 radical (unpaired) electrons. The highest BCUT2D eigenvalue weighted by Crippen LogP contribution is 2.32. The van der Waals surface area contributed by atoms with E-state index in [1.807, 2.05) is 19.1 Å². The molecule has 78 valence electrons. The highest BCUT2D eigenvalue weighted by molar-refractivity contribution is 6.34. The molecule has 0 aliphatic heterocycles. The Morgan fingerprint density at radius 2 is 1.86 bits per heavy atom. The Labute approximate surface area is 90.7 Å². The van der Waals surface area contributed by atoms with Crippen molar-refractivity contribution in [2.45, 2.75) is 20.8 Å². The smallest absolute Gasteiger partial charge is 0.0689 e. The first-order valence-electron chi connectivity index (χ1n) is 4.91. The molecule has 1 aromatic carbocycles. The van der Waals surface area contributed by atoms with Gasteiger partial charge in [0.15, 0.2) is 0 Å². The first-order chi connectivity index (χ1) is 6.61. The van der Waals surface area contributed by atoms with Gasteiger partial charge < -0.3 is 10.6 Å². The number of nitrogens with zero attached hydrogens (tertiary/aromatic N) is 1. The van der Waals surface area contributed by atoms with Gasteiger partial charge in [-0.25, -0.2) is 0 Å². The number of benzene rings is 1. The minimum Gasteiger partial charge on any atom is -0.398 e. The Bertz CT molecular complexity index is 319. The van der Waals surface area contributed by atoms with Crippen molar-refractivity contribution in [3.63, 3.8) is 0 Å². The van der Waals surface area contributed by atoms with Crippen LogP contribution in [0.15, 0.2) is 12.1 Å². The molecular formula is C11H17ClN2. The summed E-state index contributed by atoms with van der Waals surface area (Å²) in [6.07, 6.45) is 0. The minimum absolute atomic E-state index is 0.755. The lowest BCUT2D eigenvalue weighted by atomic mass is 10.1. The van der Waals surface area contributed by atoms with Crippen LogP contribution in [0, 0.1) is 6.92 Å². The molecule has 3 heteroatoms. The number of anilines is 2. The lowest BCUT2D eigenvalue weighted by molar-refractivity contribution is 0.866. The average molecular weight is 213 g/mol. The minimum atomic E-state index is 0.755. The van der Waals surface area contributed by atoms with Gasteiger partial charge in [-0.3, -0.25) is 0 Å². The highest BCUT2D eigenvalue weighted by atomic mass is 35.5. The van der Waals surface area contributed by atoms with Crippen LogP contribution in [0.2, 0.25) is 5.02 Å². The van der Waals surface area contributed by atoms with E-state index in [1.165, 1.54) is 0 Å². The summed E-state index contributed by atoms with van der Waals surface area (Å²) in [6, 6.07) is 3.90. The van der Waals surface area contributed by atoms with Crippen molar-refractivity contribution >= 4 is 23.0 Å². The third-order valence-corrected chi connectivity index (χ3v) is 2.99. The Balaban J connectivity index is 3.16. The van der Waals surface area contributed by atoms with E-state index in [0.29, 0.717) is 0 Å². The number of hydrogen-bond donors (Lipinski definition) is 1. The molecule has 2 N–H and O–H groups in total. The maximum Gasteiger partial charge on any atom is 0.0689 e.